The molecule has 0 unspecified atom stereocenters. The zero-order valence-corrected chi connectivity index (χ0v) is 17.1. The minimum atomic E-state index is -0.260. The van der Waals surface area contributed by atoms with Crippen LogP contribution in [0.4, 0.5) is 5.95 Å². The Morgan fingerprint density at radius 3 is 3.00 bits per heavy atom. The zero-order valence-electron chi connectivity index (χ0n) is 16.2. The molecule has 0 atom stereocenters. The lowest BCUT2D eigenvalue weighted by atomic mass is 10.1. The van der Waals surface area contributed by atoms with Crippen molar-refractivity contribution in [2.45, 2.75) is 13.3 Å². The van der Waals surface area contributed by atoms with Crippen molar-refractivity contribution in [3.63, 3.8) is 0 Å². The molecule has 30 heavy (non-hydrogen) atoms. The van der Waals surface area contributed by atoms with Crippen LogP contribution in [0.15, 0.2) is 52.4 Å². The summed E-state index contributed by atoms with van der Waals surface area (Å²) < 4.78 is 12.5. The fourth-order valence-electron chi connectivity index (χ4n) is 3.33. The van der Waals surface area contributed by atoms with E-state index in [0.717, 1.165) is 28.0 Å². The van der Waals surface area contributed by atoms with Gasteiger partial charge in [0.15, 0.2) is 5.58 Å². The summed E-state index contributed by atoms with van der Waals surface area (Å²) in [7, 11) is 1.63. The Balaban J connectivity index is 1.40. The number of nitrogens with one attached hydrogen (secondary N) is 1. The molecule has 5 rings (SSSR count). The second kappa shape index (κ2) is 7.27. The van der Waals surface area contributed by atoms with Gasteiger partial charge in [-0.1, -0.05) is 28.9 Å². The fraction of sp³-hybridized carbons (Fsp3) is 0.143. The second-order valence-corrected chi connectivity index (χ2v) is 7.64. The van der Waals surface area contributed by atoms with Gasteiger partial charge in [0.05, 0.1) is 19.2 Å². The number of amides is 1. The van der Waals surface area contributed by atoms with E-state index >= 15 is 0 Å². The highest BCUT2D eigenvalue weighted by molar-refractivity contribution is 7.15. The van der Waals surface area contributed by atoms with Crippen LogP contribution < -0.4 is 10.1 Å². The molecule has 0 spiro atoms. The predicted molar refractivity (Wildman–Crippen MR) is 114 cm³/mol. The first-order chi connectivity index (χ1) is 14.6. The highest BCUT2D eigenvalue weighted by Crippen LogP contribution is 2.32. The third kappa shape index (κ3) is 3.18. The number of hydrogen-bond donors (Lipinski definition) is 1. The van der Waals surface area contributed by atoms with Crippen molar-refractivity contribution in [3.05, 3.63) is 59.1 Å². The van der Waals surface area contributed by atoms with Crippen LogP contribution in [0.1, 0.15) is 11.3 Å². The Kier molecular flexibility index (Phi) is 4.44. The monoisotopic (exact) mass is 419 g/mol. The molecule has 1 N–H and O–H groups in total. The topological polar surface area (TPSA) is 94.5 Å². The third-order valence-electron chi connectivity index (χ3n) is 4.74. The number of nitrogens with zero attached hydrogens (tertiary/aromatic N) is 4. The largest absolute Gasteiger partial charge is 0.496 e. The Morgan fingerprint density at radius 2 is 2.13 bits per heavy atom. The normalized spacial score (nSPS) is 11.3. The molecule has 0 fully saturated rings. The number of fused-ring (bicyclic) bond motifs is 2. The number of anilines is 1. The lowest BCUT2D eigenvalue weighted by Gasteiger charge is -2.06. The van der Waals surface area contributed by atoms with Gasteiger partial charge in [-0.3, -0.25) is 10.1 Å². The maximum absolute atomic E-state index is 12.6. The highest BCUT2D eigenvalue weighted by Gasteiger charge is 2.17. The van der Waals surface area contributed by atoms with Crippen molar-refractivity contribution >= 4 is 39.1 Å². The molecule has 0 bridgehead atoms. The van der Waals surface area contributed by atoms with E-state index in [2.05, 4.69) is 20.6 Å². The van der Waals surface area contributed by atoms with Crippen LogP contribution in [0.25, 0.3) is 27.2 Å². The highest BCUT2D eigenvalue weighted by atomic mass is 32.1. The van der Waals surface area contributed by atoms with Crippen LogP contribution in [0, 0.1) is 6.92 Å². The van der Waals surface area contributed by atoms with Gasteiger partial charge in [-0.15, -0.1) is 16.4 Å². The average molecular weight is 419 g/mol. The fourth-order valence-corrected chi connectivity index (χ4v) is 4.15. The lowest BCUT2D eigenvalue weighted by molar-refractivity contribution is -0.115. The van der Waals surface area contributed by atoms with E-state index in [1.807, 2.05) is 54.8 Å². The minimum absolute atomic E-state index is 0.0721. The number of thiazole rings is 1. The SMILES string of the molecule is COc1ccccc1-c1csc2nc(NC(=O)Cc3noc4ccc(C)cc34)nn12. The molecule has 1 amide bonds. The Labute approximate surface area is 175 Å². The molecule has 0 aliphatic heterocycles. The van der Waals surface area contributed by atoms with Gasteiger partial charge in [0, 0.05) is 16.3 Å². The van der Waals surface area contributed by atoms with Crippen LogP contribution >= 0.6 is 11.3 Å². The smallest absolute Gasteiger partial charge is 0.250 e. The number of hydrogen-bond acceptors (Lipinski definition) is 7. The van der Waals surface area contributed by atoms with Gasteiger partial charge in [-0.05, 0) is 31.2 Å². The first kappa shape index (κ1) is 18.3. The van der Waals surface area contributed by atoms with Crippen LogP contribution in [0.2, 0.25) is 0 Å². The first-order valence-electron chi connectivity index (χ1n) is 9.25. The van der Waals surface area contributed by atoms with Crippen molar-refractivity contribution in [3.8, 4) is 17.0 Å². The van der Waals surface area contributed by atoms with Crippen LogP contribution in [0.5, 0.6) is 5.75 Å². The molecule has 2 aromatic carbocycles. The van der Waals surface area contributed by atoms with Gasteiger partial charge < -0.3 is 9.26 Å². The van der Waals surface area contributed by atoms with Gasteiger partial charge >= 0.3 is 0 Å². The second-order valence-electron chi connectivity index (χ2n) is 6.80. The maximum Gasteiger partial charge on any atom is 0.250 e. The molecule has 0 aliphatic rings. The summed E-state index contributed by atoms with van der Waals surface area (Å²) >= 11 is 1.44. The lowest BCUT2D eigenvalue weighted by Crippen LogP contribution is -2.15. The van der Waals surface area contributed by atoms with E-state index in [-0.39, 0.29) is 18.3 Å². The van der Waals surface area contributed by atoms with Crippen molar-refractivity contribution in [2.24, 2.45) is 0 Å². The van der Waals surface area contributed by atoms with E-state index in [9.17, 15) is 4.79 Å². The number of carbonyl (C=O) groups excluding carboxylic acids is 1. The molecular weight excluding hydrogens is 402 g/mol. The van der Waals surface area contributed by atoms with E-state index in [1.165, 1.54) is 11.3 Å². The van der Waals surface area contributed by atoms with Gasteiger partial charge in [0.25, 0.3) is 0 Å². The molecule has 0 radical (unpaired) electrons. The quantitative estimate of drug-likeness (QED) is 0.461. The van der Waals surface area contributed by atoms with Gasteiger partial charge in [-0.2, -0.15) is 4.98 Å². The van der Waals surface area contributed by atoms with Crippen molar-refractivity contribution in [1.82, 2.24) is 19.8 Å². The Hall–Kier alpha value is -3.72. The first-order valence-corrected chi connectivity index (χ1v) is 10.1. The van der Waals surface area contributed by atoms with E-state index in [4.69, 9.17) is 9.26 Å². The zero-order chi connectivity index (χ0) is 20.7. The summed E-state index contributed by atoms with van der Waals surface area (Å²) in [6.07, 6.45) is 0.0721. The number of rotatable bonds is 5. The number of ether oxygens (including phenoxy) is 1. The van der Waals surface area contributed by atoms with Crippen LogP contribution in [-0.2, 0) is 11.2 Å². The van der Waals surface area contributed by atoms with E-state index in [0.29, 0.717) is 16.2 Å². The molecule has 5 aromatic rings. The molecule has 0 aliphatic carbocycles. The van der Waals surface area contributed by atoms with E-state index < -0.39 is 0 Å². The summed E-state index contributed by atoms with van der Waals surface area (Å²) in [5.41, 5.74) is 4.07. The number of aryl methyl sites for hydroxylation is 1. The van der Waals surface area contributed by atoms with Gasteiger partial charge in [-0.25, -0.2) is 4.52 Å². The molecule has 0 saturated heterocycles. The molecule has 3 heterocycles. The molecule has 9 heteroatoms. The number of para-hydroxylation sites is 1. The molecule has 3 aromatic heterocycles. The maximum atomic E-state index is 12.6. The summed E-state index contributed by atoms with van der Waals surface area (Å²) in [5, 5.41) is 14.0. The minimum Gasteiger partial charge on any atom is -0.496 e. The summed E-state index contributed by atoms with van der Waals surface area (Å²) in [5.74, 6) is 0.724. The molecular formula is C21H17N5O3S. The third-order valence-corrected chi connectivity index (χ3v) is 5.56. The van der Waals surface area contributed by atoms with Crippen molar-refractivity contribution in [1.29, 1.82) is 0 Å². The number of carbonyl (C=O) groups is 1. The van der Waals surface area contributed by atoms with Crippen molar-refractivity contribution < 1.29 is 14.1 Å². The number of aromatic nitrogens is 4. The standard InChI is InChI=1S/C21H17N5O3S/c1-12-7-8-18-14(9-12)15(25-29-18)10-19(27)22-20-23-21-26(24-20)16(11-30-21)13-5-3-4-6-17(13)28-2/h3-9,11H,10H2,1-2H3,(H,22,24,27). The summed E-state index contributed by atoms with van der Waals surface area (Å²) in [6, 6.07) is 13.4. The number of methoxy groups -OCH3 is 1. The van der Waals surface area contributed by atoms with Gasteiger partial charge in [0.1, 0.15) is 11.4 Å². The molecule has 0 saturated carbocycles. The van der Waals surface area contributed by atoms with E-state index in [1.54, 1.807) is 11.6 Å². The average Bonchev–Trinajstić information content (AvgIpc) is 3.42. The van der Waals surface area contributed by atoms with Crippen LogP contribution in [-0.4, -0.2) is 32.8 Å². The van der Waals surface area contributed by atoms with Gasteiger partial charge in [0.2, 0.25) is 16.8 Å². The van der Waals surface area contributed by atoms with Crippen LogP contribution in [0.3, 0.4) is 0 Å². The number of benzene rings is 2. The summed E-state index contributed by atoms with van der Waals surface area (Å²) in [6.45, 7) is 1.98. The Morgan fingerprint density at radius 1 is 1.27 bits per heavy atom. The molecule has 8 nitrogen and oxygen atoms in total. The summed E-state index contributed by atoms with van der Waals surface area (Å²) in [4.78, 5) is 17.7. The predicted octanol–water partition coefficient (Wildman–Crippen LogP) is 4.10. The van der Waals surface area contributed by atoms with Crippen molar-refractivity contribution in [2.75, 3.05) is 12.4 Å². The molecule has 150 valence electrons. The Bertz CT molecular complexity index is 1380.